The van der Waals surface area contributed by atoms with Crippen molar-refractivity contribution in [3.05, 3.63) is 36.1 Å². The van der Waals surface area contributed by atoms with Crippen LogP contribution >= 0.6 is 0 Å². The van der Waals surface area contributed by atoms with E-state index in [4.69, 9.17) is 5.84 Å². The summed E-state index contributed by atoms with van der Waals surface area (Å²) in [6, 6.07) is 1.66. The summed E-state index contributed by atoms with van der Waals surface area (Å²) in [7, 11) is 0. The van der Waals surface area contributed by atoms with Crippen LogP contribution in [0.4, 0.5) is 5.82 Å². The molecule has 1 amide bonds. The van der Waals surface area contributed by atoms with Crippen molar-refractivity contribution >= 4 is 11.7 Å². The molecule has 0 fully saturated rings. The number of hydrogen-bond acceptors (Lipinski definition) is 7. The minimum Gasteiger partial charge on any atom is -0.364 e. The van der Waals surface area contributed by atoms with Gasteiger partial charge in [0.25, 0.3) is 5.91 Å². The Bertz CT molecular complexity index is 498. The Morgan fingerprint density at radius 2 is 2.35 bits per heavy atom. The molecule has 0 aliphatic heterocycles. The maximum atomic E-state index is 11.7. The molecule has 0 radical (unpaired) electrons. The second-order valence-corrected chi connectivity index (χ2v) is 3.11. The predicted molar refractivity (Wildman–Crippen MR) is 57.5 cm³/mol. The molecule has 2 rings (SSSR count). The first kappa shape index (κ1) is 11.0. The minimum atomic E-state index is -0.363. The molecule has 0 saturated carbocycles. The van der Waals surface area contributed by atoms with Crippen molar-refractivity contribution in [1.29, 1.82) is 0 Å². The van der Waals surface area contributed by atoms with Crippen LogP contribution in [0.25, 0.3) is 0 Å². The Hall–Kier alpha value is -2.48. The van der Waals surface area contributed by atoms with E-state index < -0.39 is 0 Å². The highest BCUT2D eigenvalue weighted by Crippen LogP contribution is 2.00. The van der Waals surface area contributed by atoms with Crippen molar-refractivity contribution in [3.63, 3.8) is 0 Å². The van der Waals surface area contributed by atoms with Gasteiger partial charge in [-0.1, -0.05) is 5.16 Å². The van der Waals surface area contributed by atoms with Gasteiger partial charge in [-0.05, 0) is 0 Å². The van der Waals surface area contributed by atoms with Crippen LogP contribution in [-0.4, -0.2) is 21.0 Å². The monoisotopic (exact) mass is 234 g/mol. The number of aromatic nitrogens is 3. The maximum Gasteiger partial charge on any atom is 0.271 e. The third-order valence-corrected chi connectivity index (χ3v) is 1.94. The Labute approximate surface area is 96.2 Å². The molecule has 0 aliphatic carbocycles. The fraction of sp³-hybridized carbons (Fsp3) is 0.111. The lowest BCUT2D eigenvalue weighted by molar-refractivity contribution is 0.0945. The number of nitrogens with zero attached hydrogens (tertiary/aromatic N) is 3. The number of nitrogens with two attached hydrogens (primary N) is 1. The van der Waals surface area contributed by atoms with Gasteiger partial charge in [0.2, 0.25) is 0 Å². The third kappa shape index (κ3) is 2.75. The number of amides is 1. The Morgan fingerprint density at radius 3 is 3.06 bits per heavy atom. The van der Waals surface area contributed by atoms with Crippen LogP contribution in [0, 0.1) is 0 Å². The maximum absolute atomic E-state index is 11.7. The normalized spacial score (nSPS) is 9.94. The highest BCUT2D eigenvalue weighted by atomic mass is 16.5. The van der Waals surface area contributed by atoms with E-state index in [0.717, 1.165) is 0 Å². The average Bonchev–Trinajstić information content (AvgIpc) is 2.89. The van der Waals surface area contributed by atoms with Gasteiger partial charge in [-0.25, -0.2) is 10.8 Å². The lowest BCUT2D eigenvalue weighted by Gasteiger charge is -2.03. The fourth-order valence-electron chi connectivity index (χ4n) is 1.14. The molecule has 4 N–H and O–H groups in total. The van der Waals surface area contributed by atoms with Gasteiger partial charge in [-0.2, -0.15) is 0 Å². The van der Waals surface area contributed by atoms with E-state index in [0.29, 0.717) is 11.5 Å². The van der Waals surface area contributed by atoms with Gasteiger partial charge in [0.05, 0.1) is 18.9 Å². The van der Waals surface area contributed by atoms with E-state index in [1.165, 1.54) is 18.7 Å². The first-order chi connectivity index (χ1) is 8.29. The van der Waals surface area contributed by atoms with Gasteiger partial charge in [-0.15, -0.1) is 0 Å². The van der Waals surface area contributed by atoms with Crippen LogP contribution in [0.15, 0.2) is 29.2 Å². The zero-order chi connectivity index (χ0) is 12.1. The molecule has 8 nitrogen and oxygen atoms in total. The van der Waals surface area contributed by atoms with E-state index in [2.05, 4.69) is 30.4 Å². The van der Waals surface area contributed by atoms with E-state index in [9.17, 15) is 4.79 Å². The minimum absolute atomic E-state index is 0.170. The largest absolute Gasteiger partial charge is 0.364 e. The molecule has 0 atom stereocenters. The van der Waals surface area contributed by atoms with Crippen LogP contribution in [0.5, 0.6) is 0 Å². The third-order valence-electron chi connectivity index (χ3n) is 1.94. The Kier molecular flexibility index (Phi) is 3.26. The summed E-state index contributed by atoms with van der Waals surface area (Å²) in [6.07, 6.45) is 4.19. The van der Waals surface area contributed by atoms with Gasteiger partial charge in [0.1, 0.15) is 17.7 Å². The number of hydrazine groups is 1. The number of nitrogen functional groups attached to an aromatic ring is 1. The van der Waals surface area contributed by atoms with E-state index in [1.807, 2.05) is 0 Å². The lowest BCUT2D eigenvalue weighted by Crippen LogP contribution is -2.24. The first-order valence-electron chi connectivity index (χ1n) is 4.75. The zero-order valence-corrected chi connectivity index (χ0v) is 8.75. The molecule has 8 heteroatoms. The second kappa shape index (κ2) is 5.03. The van der Waals surface area contributed by atoms with Crippen LogP contribution in [-0.2, 0) is 6.54 Å². The molecule has 2 aromatic rings. The summed E-state index contributed by atoms with van der Waals surface area (Å²) in [4.78, 5) is 19.4. The van der Waals surface area contributed by atoms with Gasteiger partial charge in [-0.3, -0.25) is 9.78 Å². The van der Waals surface area contributed by atoms with Crippen molar-refractivity contribution in [2.75, 3.05) is 5.43 Å². The quantitative estimate of drug-likeness (QED) is 0.490. The molecule has 0 bridgehead atoms. The van der Waals surface area contributed by atoms with Crippen molar-refractivity contribution in [2.45, 2.75) is 6.54 Å². The summed E-state index contributed by atoms with van der Waals surface area (Å²) in [5.41, 5.74) is 3.11. The zero-order valence-electron chi connectivity index (χ0n) is 8.75. The van der Waals surface area contributed by atoms with E-state index in [1.54, 1.807) is 6.07 Å². The van der Waals surface area contributed by atoms with Gasteiger partial charge >= 0.3 is 0 Å². The summed E-state index contributed by atoms with van der Waals surface area (Å²) in [5.74, 6) is 5.12. The summed E-state index contributed by atoms with van der Waals surface area (Å²) in [6.45, 7) is 0.261. The number of carbonyl (C=O) groups is 1. The molecule has 88 valence electrons. The predicted octanol–water partition coefficient (Wildman–Crippen LogP) is -0.320. The molecular formula is C9H10N6O2. The Balaban J connectivity index is 1.99. The average molecular weight is 234 g/mol. The molecule has 0 spiro atoms. The van der Waals surface area contributed by atoms with Crippen LogP contribution in [0.1, 0.15) is 16.2 Å². The highest BCUT2D eigenvalue weighted by molar-refractivity contribution is 5.92. The van der Waals surface area contributed by atoms with E-state index >= 15 is 0 Å². The van der Waals surface area contributed by atoms with Crippen molar-refractivity contribution in [1.82, 2.24) is 20.4 Å². The topological polar surface area (TPSA) is 119 Å². The van der Waals surface area contributed by atoms with Crippen molar-refractivity contribution in [3.8, 4) is 0 Å². The molecular weight excluding hydrogens is 224 g/mol. The fourth-order valence-corrected chi connectivity index (χ4v) is 1.14. The standard InChI is InChI=1S/C9H10N6O2/c10-14-8-5-11-4-7(13-8)9(16)12-3-6-1-2-17-15-6/h1-2,4-5H,3,10H2,(H,12,16)(H,13,14). The van der Waals surface area contributed by atoms with Gasteiger partial charge < -0.3 is 15.3 Å². The van der Waals surface area contributed by atoms with Gasteiger partial charge in [0, 0.05) is 6.07 Å². The lowest BCUT2D eigenvalue weighted by atomic mass is 10.4. The van der Waals surface area contributed by atoms with Crippen LogP contribution < -0.4 is 16.6 Å². The molecule has 0 unspecified atom stereocenters. The molecule has 0 saturated heterocycles. The molecule has 2 heterocycles. The van der Waals surface area contributed by atoms with Crippen LogP contribution in [0.3, 0.4) is 0 Å². The van der Waals surface area contributed by atoms with E-state index in [-0.39, 0.29) is 18.1 Å². The SMILES string of the molecule is NNc1cncc(C(=O)NCc2ccon2)n1. The Morgan fingerprint density at radius 1 is 1.47 bits per heavy atom. The first-order valence-corrected chi connectivity index (χ1v) is 4.75. The number of carbonyl (C=O) groups excluding carboxylic acids is 1. The number of hydrogen-bond donors (Lipinski definition) is 3. The highest BCUT2D eigenvalue weighted by Gasteiger charge is 2.08. The molecule has 0 aliphatic rings. The summed E-state index contributed by atoms with van der Waals surface area (Å²) >= 11 is 0. The smallest absolute Gasteiger partial charge is 0.271 e. The van der Waals surface area contributed by atoms with Crippen molar-refractivity contribution < 1.29 is 9.32 Å². The number of rotatable bonds is 4. The summed E-state index contributed by atoms with van der Waals surface area (Å²) < 4.78 is 4.63. The second-order valence-electron chi connectivity index (χ2n) is 3.11. The molecule has 2 aromatic heterocycles. The molecule has 17 heavy (non-hydrogen) atoms. The van der Waals surface area contributed by atoms with Crippen molar-refractivity contribution in [2.24, 2.45) is 5.84 Å². The summed E-state index contributed by atoms with van der Waals surface area (Å²) in [5, 5.41) is 6.28. The van der Waals surface area contributed by atoms with Gasteiger partial charge in [0.15, 0.2) is 5.82 Å². The van der Waals surface area contributed by atoms with Crippen LogP contribution in [0.2, 0.25) is 0 Å². The number of anilines is 1. The molecule has 0 aromatic carbocycles. The number of nitrogens with one attached hydrogen (secondary N) is 2.